The van der Waals surface area contributed by atoms with Crippen LogP contribution in [0.3, 0.4) is 0 Å². The molecule has 1 saturated heterocycles. The summed E-state index contributed by atoms with van der Waals surface area (Å²) in [6.45, 7) is 5.17. The van der Waals surface area contributed by atoms with Crippen LogP contribution in [0.2, 0.25) is 0 Å². The summed E-state index contributed by atoms with van der Waals surface area (Å²) in [6.07, 6.45) is 2.00. The van der Waals surface area contributed by atoms with Crippen LogP contribution in [0, 0.1) is 5.92 Å². The SMILES string of the molecule is CCC1CN(CC(O)c2ccccc2)CCC1NC. The van der Waals surface area contributed by atoms with Crippen molar-refractivity contribution in [3.63, 3.8) is 0 Å². The molecule has 0 spiro atoms. The van der Waals surface area contributed by atoms with E-state index < -0.39 is 0 Å². The summed E-state index contributed by atoms with van der Waals surface area (Å²) < 4.78 is 0. The molecule has 3 nitrogen and oxygen atoms in total. The van der Waals surface area contributed by atoms with E-state index in [9.17, 15) is 5.11 Å². The maximum atomic E-state index is 10.3. The van der Waals surface area contributed by atoms with Crippen LogP contribution in [0.4, 0.5) is 0 Å². The molecule has 2 N–H and O–H groups in total. The lowest BCUT2D eigenvalue weighted by Crippen LogP contribution is -2.49. The standard InChI is InChI=1S/C16H26N2O/c1-3-13-11-18(10-9-15(13)17-2)12-16(19)14-7-5-4-6-8-14/h4-8,13,15-17,19H,3,9-12H2,1-2H3. The molecule has 3 heteroatoms. The van der Waals surface area contributed by atoms with Gasteiger partial charge in [0.2, 0.25) is 0 Å². The second kappa shape index (κ2) is 7.04. The highest BCUT2D eigenvalue weighted by molar-refractivity contribution is 5.17. The number of likely N-dealkylation sites (tertiary alicyclic amines) is 1. The minimum Gasteiger partial charge on any atom is -0.387 e. The third-order valence-electron chi connectivity index (χ3n) is 4.33. The Morgan fingerprint density at radius 2 is 2.11 bits per heavy atom. The molecule has 0 bridgehead atoms. The van der Waals surface area contributed by atoms with Gasteiger partial charge in [0, 0.05) is 19.1 Å². The molecule has 2 rings (SSSR count). The second-order valence-corrected chi connectivity index (χ2v) is 5.54. The predicted molar refractivity (Wildman–Crippen MR) is 79.1 cm³/mol. The fourth-order valence-electron chi connectivity index (χ4n) is 3.09. The van der Waals surface area contributed by atoms with Crippen molar-refractivity contribution in [2.24, 2.45) is 5.92 Å². The Morgan fingerprint density at radius 1 is 1.37 bits per heavy atom. The number of nitrogens with one attached hydrogen (secondary N) is 1. The third-order valence-corrected chi connectivity index (χ3v) is 4.33. The lowest BCUT2D eigenvalue weighted by molar-refractivity contribution is 0.0715. The monoisotopic (exact) mass is 262 g/mol. The highest BCUT2D eigenvalue weighted by atomic mass is 16.3. The van der Waals surface area contributed by atoms with Crippen LogP contribution >= 0.6 is 0 Å². The van der Waals surface area contributed by atoms with Gasteiger partial charge in [-0.3, -0.25) is 0 Å². The van der Waals surface area contributed by atoms with E-state index in [4.69, 9.17) is 0 Å². The number of rotatable bonds is 5. The minimum atomic E-state index is -0.371. The van der Waals surface area contributed by atoms with Crippen LogP contribution < -0.4 is 5.32 Å². The largest absolute Gasteiger partial charge is 0.387 e. The summed E-state index contributed by atoms with van der Waals surface area (Å²) in [7, 11) is 2.06. The smallest absolute Gasteiger partial charge is 0.0916 e. The molecule has 0 aliphatic carbocycles. The van der Waals surface area contributed by atoms with E-state index >= 15 is 0 Å². The van der Waals surface area contributed by atoms with Gasteiger partial charge in [0.05, 0.1) is 6.10 Å². The molecule has 0 aromatic heterocycles. The molecule has 106 valence electrons. The molecular weight excluding hydrogens is 236 g/mol. The van der Waals surface area contributed by atoms with Gasteiger partial charge < -0.3 is 15.3 Å². The van der Waals surface area contributed by atoms with Crippen molar-refractivity contribution in [3.8, 4) is 0 Å². The highest BCUT2D eigenvalue weighted by Gasteiger charge is 2.27. The minimum absolute atomic E-state index is 0.371. The molecule has 3 unspecified atom stereocenters. The molecule has 1 aliphatic heterocycles. The third kappa shape index (κ3) is 3.78. The van der Waals surface area contributed by atoms with Gasteiger partial charge in [-0.25, -0.2) is 0 Å². The summed E-state index contributed by atoms with van der Waals surface area (Å²) >= 11 is 0. The molecule has 19 heavy (non-hydrogen) atoms. The number of hydrogen-bond acceptors (Lipinski definition) is 3. The maximum absolute atomic E-state index is 10.3. The Hall–Kier alpha value is -0.900. The highest BCUT2D eigenvalue weighted by Crippen LogP contribution is 2.22. The van der Waals surface area contributed by atoms with Crippen LogP contribution in [0.1, 0.15) is 31.4 Å². The van der Waals surface area contributed by atoms with Crippen molar-refractivity contribution in [1.82, 2.24) is 10.2 Å². The quantitative estimate of drug-likeness (QED) is 0.852. The number of nitrogens with zero attached hydrogens (tertiary/aromatic N) is 1. The molecular formula is C16H26N2O. The van der Waals surface area contributed by atoms with Crippen molar-refractivity contribution in [2.45, 2.75) is 31.9 Å². The van der Waals surface area contributed by atoms with E-state index in [-0.39, 0.29) is 6.10 Å². The fourth-order valence-corrected chi connectivity index (χ4v) is 3.09. The molecule has 0 saturated carbocycles. The van der Waals surface area contributed by atoms with E-state index in [1.54, 1.807) is 0 Å². The first-order chi connectivity index (χ1) is 9.24. The summed E-state index contributed by atoms with van der Waals surface area (Å²) in [5.74, 6) is 0.696. The summed E-state index contributed by atoms with van der Waals surface area (Å²) in [6, 6.07) is 10.6. The summed E-state index contributed by atoms with van der Waals surface area (Å²) in [4.78, 5) is 2.40. The van der Waals surface area contributed by atoms with E-state index in [0.29, 0.717) is 12.0 Å². The van der Waals surface area contributed by atoms with E-state index in [2.05, 4.69) is 24.2 Å². The average Bonchev–Trinajstić information content (AvgIpc) is 2.48. The molecule has 3 atom stereocenters. The van der Waals surface area contributed by atoms with Gasteiger partial charge in [-0.2, -0.15) is 0 Å². The van der Waals surface area contributed by atoms with Crippen molar-refractivity contribution in [2.75, 3.05) is 26.7 Å². The Morgan fingerprint density at radius 3 is 2.74 bits per heavy atom. The second-order valence-electron chi connectivity index (χ2n) is 5.54. The van der Waals surface area contributed by atoms with Gasteiger partial charge in [0.1, 0.15) is 0 Å². The van der Waals surface area contributed by atoms with Crippen molar-refractivity contribution in [3.05, 3.63) is 35.9 Å². The fraction of sp³-hybridized carbons (Fsp3) is 0.625. The van der Waals surface area contributed by atoms with Crippen LogP contribution in [0.25, 0.3) is 0 Å². The number of aliphatic hydroxyl groups is 1. The normalized spacial score (nSPS) is 26.3. The molecule has 1 aliphatic rings. The first-order valence-corrected chi connectivity index (χ1v) is 7.37. The number of β-amino-alcohol motifs (C(OH)–C–C–N with tert-alkyl or cyclic N) is 1. The van der Waals surface area contributed by atoms with Crippen molar-refractivity contribution < 1.29 is 5.11 Å². The topological polar surface area (TPSA) is 35.5 Å². The zero-order valence-electron chi connectivity index (χ0n) is 12.0. The Bertz CT molecular complexity index is 368. The number of aliphatic hydroxyl groups excluding tert-OH is 1. The summed E-state index contributed by atoms with van der Waals surface area (Å²) in [5, 5.41) is 13.7. The van der Waals surface area contributed by atoms with Gasteiger partial charge in [-0.05, 0) is 31.5 Å². The van der Waals surface area contributed by atoms with Gasteiger partial charge in [0.25, 0.3) is 0 Å². The molecule has 1 aromatic rings. The van der Waals surface area contributed by atoms with Crippen LogP contribution in [0.5, 0.6) is 0 Å². The number of hydrogen-bond donors (Lipinski definition) is 2. The van der Waals surface area contributed by atoms with E-state index in [0.717, 1.165) is 25.2 Å². The molecule has 0 radical (unpaired) electrons. The van der Waals surface area contributed by atoms with Crippen LogP contribution in [-0.4, -0.2) is 42.7 Å². The Kier molecular flexibility index (Phi) is 5.37. The van der Waals surface area contributed by atoms with Gasteiger partial charge in [-0.15, -0.1) is 0 Å². The first-order valence-electron chi connectivity index (χ1n) is 7.37. The van der Waals surface area contributed by atoms with Gasteiger partial charge in [0.15, 0.2) is 0 Å². The predicted octanol–water partition coefficient (Wildman–Crippen LogP) is 2.04. The van der Waals surface area contributed by atoms with E-state index in [1.807, 2.05) is 30.3 Å². The zero-order chi connectivity index (χ0) is 13.7. The average molecular weight is 262 g/mol. The van der Waals surface area contributed by atoms with Gasteiger partial charge >= 0.3 is 0 Å². The summed E-state index contributed by atoms with van der Waals surface area (Å²) in [5.41, 5.74) is 1.02. The molecule has 1 fully saturated rings. The molecule has 1 aromatic carbocycles. The van der Waals surface area contributed by atoms with Gasteiger partial charge in [-0.1, -0.05) is 43.7 Å². The Labute approximate surface area is 116 Å². The number of benzene rings is 1. The maximum Gasteiger partial charge on any atom is 0.0916 e. The lowest BCUT2D eigenvalue weighted by Gasteiger charge is -2.39. The van der Waals surface area contributed by atoms with Crippen molar-refractivity contribution in [1.29, 1.82) is 0 Å². The van der Waals surface area contributed by atoms with E-state index in [1.165, 1.54) is 12.8 Å². The number of piperidine rings is 1. The van der Waals surface area contributed by atoms with Crippen LogP contribution in [0.15, 0.2) is 30.3 Å². The lowest BCUT2D eigenvalue weighted by atomic mass is 9.89. The van der Waals surface area contributed by atoms with Crippen LogP contribution in [-0.2, 0) is 0 Å². The molecule has 1 heterocycles. The molecule has 0 amide bonds. The van der Waals surface area contributed by atoms with Crippen molar-refractivity contribution >= 4 is 0 Å². The zero-order valence-corrected chi connectivity index (χ0v) is 12.0. The first kappa shape index (κ1) is 14.5. The Balaban J connectivity index is 1.90.